The fraction of sp³-hybridized carbons (Fsp3) is 0.250. The van der Waals surface area contributed by atoms with Crippen molar-refractivity contribution >= 4 is 17.4 Å². The Kier molecular flexibility index (Phi) is 4.93. The summed E-state index contributed by atoms with van der Waals surface area (Å²) in [6.45, 7) is 2.31. The summed E-state index contributed by atoms with van der Waals surface area (Å²) in [5.41, 5.74) is 1.59. The molecule has 0 saturated heterocycles. The molecule has 3 rings (SSSR count). The van der Waals surface area contributed by atoms with Gasteiger partial charge >= 0.3 is 6.03 Å². The van der Waals surface area contributed by atoms with E-state index in [1.807, 2.05) is 31.2 Å². The molecular formula is C16H19N7O2. The Morgan fingerprint density at radius 2 is 2.00 bits per heavy atom. The number of urea groups is 1. The number of aromatic nitrogens is 4. The number of amides is 2. The van der Waals surface area contributed by atoms with E-state index in [0.29, 0.717) is 18.0 Å². The van der Waals surface area contributed by atoms with E-state index in [-0.39, 0.29) is 12.1 Å². The molecule has 1 aromatic carbocycles. The van der Waals surface area contributed by atoms with Crippen molar-refractivity contribution in [3.05, 3.63) is 54.2 Å². The minimum Gasteiger partial charge on any atom is -0.467 e. The van der Waals surface area contributed by atoms with E-state index < -0.39 is 0 Å². The molecule has 3 aromatic rings. The number of carbonyl (C=O) groups is 1. The molecule has 0 aliphatic rings. The second-order valence-corrected chi connectivity index (χ2v) is 5.49. The first-order chi connectivity index (χ1) is 12.1. The molecule has 2 aromatic heterocycles. The van der Waals surface area contributed by atoms with Crippen LogP contribution in [0.4, 0.5) is 16.2 Å². The van der Waals surface area contributed by atoms with Crippen molar-refractivity contribution in [3.63, 3.8) is 0 Å². The van der Waals surface area contributed by atoms with Crippen LogP contribution in [-0.4, -0.2) is 26.2 Å². The second kappa shape index (κ2) is 7.47. The van der Waals surface area contributed by atoms with Crippen LogP contribution in [0.3, 0.4) is 0 Å². The van der Waals surface area contributed by atoms with E-state index >= 15 is 0 Å². The van der Waals surface area contributed by atoms with Crippen LogP contribution in [0.25, 0.3) is 0 Å². The molecule has 25 heavy (non-hydrogen) atoms. The van der Waals surface area contributed by atoms with E-state index in [0.717, 1.165) is 11.5 Å². The zero-order chi connectivity index (χ0) is 17.6. The van der Waals surface area contributed by atoms with E-state index in [1.54, 1.807) is 30.1 Å². The molecule has 2 amide bonds. The van der Waals surface area contributed by atoms with Crippen molar-refractivity contribution in [1.82, 2.24) is 25.5 Å². The predicted octanol–water partition coefficient (Wildman–Crippen LogP) is 2.30. The number of nitrogens with zero attached hydrogens (tertiary/aromatic N) is 4. The highest BCUT2D eigenvalue weighted by Crippen LogP contribution is 2.19. The molecule has 0 aliphatic carbocycles. The van der Waals surface area contributed by atoms with Gasteiger partial charge in [0.05, 0.1) is 18.8 Å². The van der Waals surface area contributed by atoms with Crippen molar-refractivity contribution in [2.75, 3.05) is 10.6 Å². The van der Waals surface area contributed by atoms with Gasteiger partial charge in [0, 0.05) is 18.4 Å². The highest BCUT2D eigenvalue weighted by atomic mass is 16.3. The lowest BCUT2D eigenvalue weighted by Gasteiger charge is -2.14. The third-order valence-corrected chi connectivity index (χ3v) is 3.57. The Labute approximate surface area is 144 Å². The average molecular weight is 341 g/mol. The normalized spacial score (nSPS) is 11.8. The molecule has 1 atom stereocenters. The lowest BCUT2D eigenvalue weighted by molar-refractivity contribution is 0.251. The van der Waals surface area contributed by atoms with Crippen molar-refractivity contribution in [3.8, 4) is 0 Å². The summed E-state index contributed by atoms with van der Waals surface area (Å²) in [7, 11) is 1.79. The Morgan fingerprint density at radius 3 is 2.64 bits per heavy atom. The first kappa shape index (κ1) is 16.5. The largest absolute Gasteiger partial charge is 0.467 e. The molecule has 0 spiro atoms. The van der Waals surface area contributed by atoms with Gasteiger partial charge in [-0.25, -0.2) is 9.48 Å². The van der Waals surface area contributed by atoms with Crippen LogP contribution in [0, 0.1) is 0 Å². The number of aryl methyl sites for hydroxylation is 1. The summed E-state index contributed by atoms with van der Waals surface area (Å²) in [5.74, 6) is 1.43. The third-order valence-electron chi connectivity index (χ3n) is 3.57. The number of rotatable bonds is 6. The first-order valence-electron chi connectivity index (χ1n) is 7.78. The SMILES string of the molecule is CC(Nc1ccc(NC(=O)NCc2ccco2)cc1)c1nnnn1C. The summed E-state index contributed by atoms with van der Waals surface area (Å²) in [5, 5.41) is 20.2. The summed E-state index contributed by atoms with van der Waals surface area (Å²) in [6, 6.07) is 10.6. The Bertz CT molecular complexity index is 811. The minimum atomic E-state index is -0.296. The zero-order valence-electron chi connectivity index (χ0n) is 13.9. The van der Waals surface area contributed by atoms with Gasteiger partial charge in [-0.1, -0.05) is 0 Å². The summed E-state index contributed by atoms with van der Waals surface area (Å²) in [4.78, 5) is 11.9. The molecule has 9 nitrogen and oxygen atoms in total. The first-order valence-corrected chi connectivity index (χ1v) is 7.78. The zero-order valence-corrected chi connectivity index (χ0v) is 13.9. The number of benzene rings is 1. The van der Waals surface area contributed by atoms with E-state index in [1.165, 1.54) is 0 Å². The number of anilines is 2. The van der Waals surface area contributed by atoms with Gasteiger partial charge in [-0.15, -0.1) is 5.10 Å². The van der Waals surface area contributed by atoms with Gasteiger partial charge in [0.25, 0.3) is 0 Å². The molecule has 3 N–H and O–H groups in total. The fourth-order valence-electron chi connectivity index (χ4n) is 2.32. The molecule has 0 radical (unpaired) electrons. The van der Waals surface area contributed by atoms with Crippen LogP contribution in [0.5, 0.6) is 0 Å². The van der Waals surface area contributed by atoms with Crippen molar-refractivity contribution in [2.24, 2.45) is 7.05 Å². The van der Waals surface area contributed by atoms with Gasteiger partial charge in [0.15, 0.2) is 5.82 Å². The topological polar surface area (TPSA) is 110 Å². The van der Waals surface area contributed by atoms with Crippen molar-refractivity contribution in [1.29, 1.82) is 0 Å². The highest BCUT2D eigenvalue weighted by molar-refractivity contribution is 5.89. The van der Waals surface area contributed by atoms with Gasteiger partial charge < -0.3 is 20.4 Å². The number of furan rings is 1. The number of tetrazole rings is 1. The molecular weight excluding hydrogens is 322 g/mol. The highest BCUT2D eigenvalue weighted by Gasteiger charge is 2.12. The molecule has 2 heterocycles. The van der Waals surface area contributed by atoms with E-state index in [4.69, 9.17) is 4.42 Å². The van der Waals surface area contributed by atoms with Crippen molar-refractivity contribution in [2.45, 2.75) is 19.5 Å². The number of hydrogen-bond acceptors (Lipinski definition) is 6. The van der Waals surface area contributed by atoms with Gasteiger partial charge in [-0.3, -0.25) is 0 Å². The standard InChI is InChI=1S/C16H19N7O2/c1-11(15-20-21-22-23(15)2)18-12-5-7-13(8-6-12)19-16(24)17-10-14-4-3-9-25-14/h3-9,11,18H,10H2,1-2H3,(H2,17,19,24). The van der Waals surface area contributed by atoms with Crippen molar-refractivity contribution < 1.29 is 9.21 Å². The maximum absolute atomic E-state index is 11.9. The Morgan fingerprint density at radius 1 is 1.24 bits per heavy atom. The molecule has 1 unspecified atom stereocenters. The molecule has 0 aliphatic heterocycles. The van der Waals surface area contributed by atoms with E-state index in [2.05, 4.69) is 31.5 Å². The monoisotopic (exact) mass is 341 g/mol. The van der Waals surface area contributed by atoms with Crippen LogP contribution in [-0.2, 0) is 13.6 Å². The molecule has 0 fully saturated rings. The average Bonchev–Trinajstić information content (AvgIpc) is 3.26. The number of carbonyl (C=O) groups excluding carboxylic acids is 1. The molecule has 9 heteroatoms. The maximum atomic E-state index is 11.9. The fourth-order valence-corrected chi connectivity index (χ4v) is 2.32. The lowest BCUT2D eigenvalue weighted by Crippen LogP contribution is -2.27. The van der Waals surface area contributed by atoms with Crippen LogP contribution in [0.2, 0.25) is 0 Å². The van der Waals surface area contributed by atoms with Crippen LogP contribution < -0.4 is 16.0 Å². The Balaban J connectivity index is 1.51. The van der Waals surface area contributed by atoms with Crippen LogP contribution in [0.1, 0.15) is 24.6 Å². The Hall–Kier alpha value is -3.36. The quantitative estimate of drug-likeness (QED) is 0.634. The van der Waals surface area contributed by atoms with Gasteiger partial charge in [0.2, 0.25) is 0 Å². The lowest BCUT2D eigenvalue weighted by atomic mass is 10.2. The third kappa shape index (κ3) is 4.34. The summed E-state index contributed by atoms with van der Waals surface area (Å²) in [6.07, 6.45) is 1.57. The van der Waals surface area contributed by atoms with Gasteiger partial charge in [-0.05, 0) is 53.7 Å². The molecule has 0 saturated carbocycles. The summed E-state index contributed by atoms with van der Waals surface area (Å²) < 4.78 is 6.78. The van der Waals surface area contributed by atoms with Gasteiger partial charge in [-0.2, -0.15) is 0 Å². The second-order valence-electron chi connectivity index (χ2n) is 5.49. The molecule has 0 bridgehead atoms. The van der Waals surface area contributed by atoms with E-state index in [9.17, 15) is 4.79 Å². The molecule has 130 valence electrons. The predicted molar refractivity (Wildman–Crippen MR) is 91.8 cm³/mol. The number of nitrogens with one attached hydrogen (secondary N) is 3. The minimum absolute atomic E-state index is 0.0459. The van der Waals surface area contributed by atoms with Crippen LogP contribution in [0.15, 0.2) is 47.1 Å². The van der Waals surface area contributed by atoms with Crippen LogP contribution >= 0.6 is 0 Å². The number of hydrogen-bond donors (Lipinski definition) is 3. The smallest absolute Gasteiger partial charge is 0.319 e. The maximum Gasteiger partial charge on any atom is 0.319 e. The van der Waals surface area contributed by atoms with Gasteiger partial charge in [0.1, 0.15) is 5.76 Å². The summed E-state index contributed by atoms with van der Waals surface area (Å²) >= 11 is 0.